The summed E-state index contributed by atoms with van der Waals surface area (Å²) in [5.41, 5.74) is 1.46. The Labute approximate surface area is 177 Å². The second-order valence-corrected chi connectivity index (χ2v) is 8.34. The third kappa shape index (κ3) is 6.26. The summed E-state index contributed by atoms with van der Waals surface area (Å²) >= 11 is 6.30. The lowest BCUT2D eigenvalue weighted by molar-refractivity contribution is -0.0438. The molecule has 1 aliphatic rings. The van der Waals surface area contributed by atoms with Gasteiger partial charge in [0.2, 0.25) is 0 Å². The maximum Gasteiger partial charge on any atom is 0.254 e. The van der Waals surface area contributed by atoms with Gasteiger partial charge in [0.15, 0.2) is 0 Å². The molecule has 1 atom stereocenters. The number of benzene rings is 2. The molecule has 3 rings (SSSR count). The predicted molar refractivity (Wildman–Crippen MR) is 114 cm³/mol. The van der Waals surface area contributed by atoms with Gasteiger partial charge in [-0.3, -0.25) is 9.69 Å². The van der Waals surface area contributed by atoms with Crippen LogP contribution in [-0.4, -0.2) is 54.6 Å². The van der Waals surface area contributed by atoms with E-state index in [4.69, 9.17) is 16.3 Å². The van der Waals surface area contributed by atoms with Crippen molar-refractivity contribution in [2.45, 2.75) is 26.5 Å². The summed E-state index contributed by atoms with van der Waals surface area (Å²) in [6, 6.07) is 13.7. The smallest absolute Gasteiger partial charge is 0.254 e. The number of carbonyl (C=O) groups excluding carboxylic acids is 1. The van der Waals surface area contributed by atoms with Crippen LogP contribution in [0.2, 0.25) is 5.02 Å². The van der Waals surface area contributed by atoms with Crippen molar-refractivity contribution >= 4 is 17.5 Å². The second kappa shape index (κ2) is 10.2. The van der Waals surface area contributed by atoms with Gasteiger partial charge >= 0.3 is 0 Å². The highest BCUT2D eigenvalue weighted by molar-refractivity contribution is 6.31. The van der Waals surface area contributed by atoms with E-state index in [1.54, 1.807) is 17.0 Å². The van der Waals surface area contributed by atoms with Crippen LogP contribution in [0.3, 0.4) is 0 Å². The van der Waals surface area contributed by atoms with Gasteiger partial charge in [-0.1, -0.05) is 49.7 Å². The maximum absolute atomic E-state index is 13.6. The molecule has 0 aromatic heterocycles. The van der Waals surface area contributed by atoms with Crippen molar-refractivity contribution in [1.82, 2.24) is 9.80 Å². The Morgan fingerprint density at radius 2 is 2.07 bits per heavy atom. The molecule has 6 heteroatoms. The summed E-state index contributed by atoms with van der Waals surface area (Å²) < 4.78 is 19.5. The predicted octanol–water partition coefficient (Wildman–Crippen LogP) is 4.48. The van der Waals surface area contributed by atoms with Gasteiger partial charge in [0.05, 0.1) is 12.7 Å². The summed E-state index contributed by atoms with van der Waals surface area (Å²) in [5.74, 6) is -0.263. The Morgan fingerprint density at radius 1 is 1.28 bits per heavy atom. The first-order valence-corrected chi connectivity index (χ1v) is 10.4. The second-order valence-electron chi connectivity index (χ2n) is 7.93. The summed E-state index contributed by atoms with van der Waals surface area (Å²) in [5, 5.41) is 0.762. The number of nitrogens with zero attached hydrogens (tertiary/aromatic N) is 2. The van der Waals surface area contributed by atoms with E-state index in [0.717, 1.165) is 30.2 Å². The Kier molecular flexibility index (Phi) is 7.64. The van der Waals surface area contributed by atoms with E-state index in [2.05, 4.69) is 18.7 Å². The summed E-state index contributed by atoms with van der Waals surface area (Å²) in [4.78, 5) is 17.1. The van der Waals surface area contributed by atoms with Gasteiger partial charge in [-0.2, -0.15) is 0 Å². The fourth-order valence-corrected chi connectivity index (χ4v) is 3.83. The Hall–Kier alpha value is -1.95. The van der Waals surface area contributed by atoms with Crippen LogP contribution < -0.4 is 0 Å². The molecule has 1 heterocycles. The number of hydrogen-bond acceptors (Lipinski definition) is 3. The van der Waals surface area contributed by atoms with Crippen LogP contribution in [0.15, 0.2) is 48.5 Å². The zero-order chi connectivity index (χ0) is 20.8. The highest BCUT2D eigenvalue weighted by Crippen LogP contribution is 2.19. The minimum Gasteiger partial charge on any atom is -0.374 e. The molecule has 1 fully saturated rings. The molecule has 2 aromatic carbocycles. The van der Waals surface area contributed by atoms with Crippen molar-refractivity contribution in [3.05, 3.63) is 70.5 Å². The van der Waals surface area contributed by atoms with Crippen LogP contribution in [0.1, 0.15) is 29.8 Å². The van der Waals surface area contributed by atoms with Crippen molar-refractivity contribution in [3.8, 4) is 0 Å². The first kappa shape index (κ1) is 21.8. The van der Waals surface area contributed by atoms with Gasteiger partial charge in [-0.15, -0.1) is 0 Å². The van der Waals surface area contributed by atoms with Crippen molar-refractivity contribution in [2.24, 2.45) is 5.92 Å². The van der Waals surface area contributed by atoms with E-state index in [1.807, 2.05) is 24.3 Å². The molecule has 2 aromatic rings. The molecular formula is C23H28ClFN2O2. The molecule has 4 nitrogen and oxygen atoms in total. The Morgan fingerprint density at radius 3 is 2.79 bits per heavy atom. The zero-order valence-electron chi connectivity index (χ0n) is 17.0. The number of hydrogen-bond donors (Lipinski definition) is 0. The first-order valence-electron chi connectivity index (χ1n) is 10.0. The normalized spacial score (nSPS) is 17.5. The van der Waals surface area contributed by atoms with Gasteiger partial charge in [-0.05, 0) is 35.7 Å². The number of ether oxygens (including phenoxy) is 1. The maximum atomic E-state index is 13.6. The SMILES string of the molecule is CC(C)CN(CC1CN(Cc2ccccc2Cl)CCO1)C(=O)c1cccc(F)c1. The summed E-state index contributed by atoms with van der Waals surface area (Å²) in [7, 11) is 0. The van der Waals surface area contributed by atoms with E-state index < -0.39 is 5.82 Å². The average molecular weight is 419 g/mol. The average Bonchev–Trinajstić information content (AvgIpc) is 2.69. The zero-order valence-corrected chi connectivity index (χ0v) is 17.7. The van der Waals surface area contributed by atoms with Crippen molar-refractivity contribution in [3.63, 3.8) is 0 Å². The van der Waals surface area contributed by atoms with Crippen LogP contribution in [0, 0.1) is 11.7 Å². The Bertz CT molecular complexity index is 830. The first-order chi connectivity index (χ1) is 13.9. The molecule has 29 heavy (non-hydrogen) atoms. The van der Waals surface area contributed by atoms with Crippen molar-refractivity contribution < 1.29 is 13.9 Å². The molecule has 156 valence electrons. The van der Waals surface area contributed by atoms with Gasteiger partial charge in [0.25, 0.3) is 5.91 Å². The quantitative estimate of drug-likeness (QED) is 0.664. The standard InChI is InChI=1S/C23H28ClFN2O2/c1-17(2)13-27(23(28)18-7-5-8-20(25)12-18)16-21-15-26(10-11-29-21)14-19-6-3-4-9-22(19)24/h3-9,12,17,21H,10-11,13-16H2,1-2H3. The molecule has 0 radical (unpaired) electrons. The molecule has 1 aliphatic heterocycles. The number of halogens is 2. The van der Waals surface area contributed by atoms with E-state index in [9.17, 15) is 9.18 Å². The van der Waals surface area contributed by atoms with Crippen molar-refractivity contribution in [2.75, 3.05) is 32.8 Å². The van der Waals surface area contributed by atoms with Gasteiger partial charge in [0.1, 0.15) is 5.82 Å². The molecule has 0 N–H and O–H groups in total. The van der Waals surface area contributed by atoms with Crippen LogP contribution in [0.25, 0.3) is 0 Å². The van der Waals surface area contributed by atoms with Crippen LogP contribution in [0.4, 0.5) is 4.39 Å². The Balaban J connectivity index is 1.67. The topological polar surface area (TPSA) is 32.8 Å². The van der Waals surface area contributed by atoms with E-state index in [0.29, 0.717) is 31.2 Å². The van der Waals surface area contributed by atoms with Crippen molar-refractivity contribution in [1.29, 1.82) is 0 Å². The third-order valence-electron chi connectivity index (χ3n) is 4.94. The minimum absolute atomic E-state index is 0.0949. The van der Waals surface area contributed by atoms with E-state index in [-0.39, 0.29) is 12.0 Å². The molecule has 1 unspecified atom stereocenters. The molecule has 1 amide bonds. The molecular weight excluding hydrogens is 391 g/mol. The van der Waals surface area contributed by atoms with Gasteiger partial charge < -0.3 is 9.64 Å². The van der Waals surface area contributed by atoms with E-state index >= 15 is 0 Å². The largest absolute Gasteiger partial charge is 0.374 e. The fraction of sp³-hybridized carbons (Fsp3) is 0.435. The lowest BCUT2D eigenvalue weighted by Crippen LogP contribution is -2.49. The number of morpholine rings is 1. The number of carbonyl (C=O) groups is 1. The van der Waals surface area contributed by atoms with Gasteiger partial charge in [-0.25, -0.2) is 4.39 Å². The highest BCUT2D eigenvalue weighted by Gasteiger charge is 2.26. The minimum atomic E-state index is -0.403. The lowest BCUT2D eigenvalue weighted by Gasteiger charge is -2.36. The van der Waals surface area contributed by atoms with Gasteiger partial charge in [0, 0.05) is 43.3 Å². The van der Waals surface area contributed by atoms with E-state index in [1.165, 1.54) is 12.1 Å². The number of rotatable bonds is 7. The lowest BCUT2D eigenvalue weighted by atomic mass is 10.1. The molecule has 1 saturated heterocycles. The molecule has 0 bridgehead atoms. The molecule has 0 saturated carbocycles. The molecule has 0 spiro atoms. The van der Waals surface area contributed by atoms with Crippen LogP contribution >= 0.6 is 11.6 Å². The van der Waals surface area contributed by atoms with Crippen LogP contribution in [0.5, 0.6) is 0 Å². The monoisotopic (exact) mass is 418 g/mol. The highest BCUT2D eigenvalue weighted by atomic mass is 35.5. The number of amides is 1. The summed E-state index contributed by atoms with van der Waals surface area (Å²) in [6.45, 7) is 8.11. The molecule has 0 aliphatic carbocycles. The third-order valence-corrected chi connectivity index (χ3v) is 5.31. The van der Waals surface area contributed by atoms with Crippen LogP contribution in [-0.2, 0) is 11.3 Å². The fourth-order valence-electron chi connectivity index (χ4n) is 3.63. The summed E-state index contributed by atoms with van der Waals surface area (Å²) in [6.07, 6.45) is -0.0949.